The Balaban J connectivity index is 1.57. The van der Waals surface area contributed by atoms with Crippen molar-refractivity contribution in [3.8, 4) is 0 Å². The molecule has 0 saturated carbocycles. The summed E-state index contributed by atoms with van der Waals surface area (Å²) >= 11 is 1.83. The zero-order valence-electron chi connectivity index (χ0n) is 11.7. The molecule has 0 amide bonds. The van der Waals surface area contributed by atoms with E-state index in [1.54, 1.807) is 0 Å². The van der Waals surface area contributed by atoms with Crippen molar-refractivity contribution in [3.63, 3.8) is 0 Å². The monoisotopic (exact) mass is 281 g/mol. The van der Waals surface area contributed by atoms with Crippen LogP contribution < -0.4 is 5.32 Å². The summed E-state index contributed by atoms with van der Waals surface area (Å²) in [7, 11) is 0. The highest BCUT2D eigenvalue weighted by Gasteiger charge is 2.02. The Bertz CT molecular complexity index is 699. The summed E-state index contributed by atoms with van der Waals surface area (Å²) in [6.45, 7) is 4.16. The zero-order chi connectivity index (χ0) is 13.8. The van der Waals surface area contributed by atoms with Crippen LogP contribution in [0.1, 0.15) is 16.7 Å². The molecule has 0 aliphatic rings. The summed E-state index contributed by atoms with van der Waals surface area (Å²) < 4.78 is 1.38. The maximum Gasteiger partial charge on any atom is 0.0346 e. The molecule has 1 nitrogen and oxygen atoms in total. The van der Waals surface area contributed by atoms with Gasteiger partial charge in [-0.2, -0.15) is 0 Å². The largest absolute Gasteiger partial charge is 0.312 e. The molecule has 1 N–H and O–H groups in total. The van der Waals surface area contributed by atoms with Gasteiger partial charge in [0.1, 0.15) is 0 Å². The molecular weight excluding hydrogens is 262 g/mol. The zero-order valence-corrected chi connectivity index (χ0v) is 12.5. The van der Waals surface area contributed by atoms with Crippen LogP contribution in [0.2, 0.25) is 0 Å². The lowest BCUT2D eigenvalue weighted by atomic mass is 10.1. The fourth-order valence-corrected chi connectivity index (χ4v) is 3.47. The number of benzene rings is 2. The van der Waals surface area contributed by atoms with E-state index in [0.717, 1.165) is 19.5 Å². The molecule has 3 aromatic rings. The van der Waals surface area contributed by atoms with Crippen LogP contribution in [0.5, 0.6) is 0 Å². The minimum atomic E-state index is 0.954. The SMILES string of the molecule is Cc1ccccc1CCNCc1csc2ccccc12. The molecule has 102 valence electrons. The number of aryl methyl sites for hydroxylation is 1. The lowest BCUT2D eigenvalue weighted by Gasteiger charge is -2.07. The second-order valence-electron chi connectivity index (χ2n) is 5.11. The van der Waals surface area contributed by atoms with Gasteiger partial charge in [0.25, 0.3) is 0 Å². The van der Waals surface area contributed by atoms with E-state index in [9.17, 15) is 0 Å². The van der Waals surface area contributed by atoms with Gasteiger partial charge in [-0.1, -0.05) is 42.5 Å². The minimum Gasteiger partial charge on any atom is -0.312 e. The molecule has 1 aromatic heterocycles. The molecule has 1 heterocycles. The molecule has 0 unspecified atom stereocenters. The van der Waals surface area contributed by atoms with Crippen LogP contribution in [0.25, 0.3) is 10.1 Å². The summed E-state index contributed by atoms with van der Waals surface area (Å²) in [6, 6.07) is 17.2. The molecule has 0 aliphatic heterocycles. The second kappa shape index (κ2) is 6.21. The van der Waals surface area contributed by atoms with Gasteiger partial charge in [-0.25, -0.2) is 0 Å². The quantitative estimate of drug-likeness (QED) is 0.677. The van der Waals surface area contributed by atoms with Crippen molar-refractivity contribution in [2.24, 2.45) is 0 Å². The first kappa shape index (κ1) is 13.3. The fraction of sp³-hybridized carbons (Fsp3) is 0.222. The molecule has 0 atom stereocenters. The molecule has 0 bridgehead atoms. The molecule has 0 fully saturated rings. The van der Waals surface area contributed by atoms with E-state index >= 15 is 0 Å². The third-order valence-corrected chi connectivity index (χ3v) is 4.72. The van der Waals surface area contributed by atoms with Gasteiger partial charge >= 0.3 is 0 Å². The van der Waals surface area contributed by atoms with Gasteiger partial charge in [0.15, 0.2) is 0 Å². The highest BCUT2D eigenvalue weighted by atomic mass is 32.1. The van der Waals surface area contributed by atoms with Crippen molar-refractivity contribution in [2.45, 2.75) is 19.9 Å². The van der Waals surface area contributed by atoms with Gasteiger partial charge in [-0.15, -0.1) is 11.3 Å². The normalized spacial score (nSPS) is 11.1. The van der Waals surface area contributed by atoms with Crippen LogP contribution >= 0.6 is 11.3 Å². The first-order valence-corrected chi connectivity index (χ1v) is 7.93. The Morgan fingerprint density at radius 2 is 1.75 bits per heavy atom. The molecule has 3 rings (SSSR count). The molecule has 2 heteroatoms. The number of nitrogens with one attached hydrogen (secondary N) is 1. The standard InChI is InChI=1S/C18H19NS/c1-14-6-2-3-7-15(14)10-11-19-12-16-13-20-18-9-5-4-8-17(16)18/h2-9,13,19H,10-12H2,1H3. The third kappa shape index (κ3) is 2.92. The molecule has 0 aliphatic carbocycles. The Labute approximate surface area is 124 Å². The Kier molecular flexibility index (Phi) is 4.14. The van der Waals surface area contributed by atoms with Gasteiger partial charge in [0.2, 0.25) is 0 Å². The van der Waals surface area contributed by atoms with Crippen molar-refractivity contribution >= 4 is 21.4 Å². The first-order valence-electron chi connectivity index (χ1n) is 7.05. The highest BCUT2D eigenvalue weighted by Crippen LogP contribution is 2.25. The molecule has 0 saturated heterocycles. The smallest absolute Gasteiger partial charge is 0.0346 e. The maximum atomic E-state index is 3.56. The Morgan fingerprint density at radius 1 is 0.950 bits per heavy atom. The van der Waals surface area contributed by atoms with E-state index in [4.69, 9.17) is 0 Å². The van der Waals surface area contributed by atoms with Crippen LogP contribution in [-0.2, 0) is 13.0 Å². The molecule has 2 aromatic carbocycles. The van der Waals surface area contributed by atoms with E-state index < -0.39 is 0 Å². The van der Waals surface area contributed by atoms with Crippen molar-refractivity contribution in [1.82, 2.24) is 5.32 Å². The number of hydrogen-bond acceptors (Lipinski definition) is 2. The number of thiophene rings is 1. The maximum absolute atomic E-state index is 3.56. The molecule has 0 radical (unpaired) electrons. The number of fused-ring (bicyclic) bond motifs is 1. The fourth-order valence-electron chi connectivity index (χ4n) is 2.51. The third-order valence-electron chi connectivity index (χ3n) is 3.71. The van der Waals surface area contributed by atoms with E-state index in [1.165, 1.54) is 26.8 Å². The summed E-state index contributed by atoms with van der Waals surface area (Å²) in [4.78, 5) is 0. The van der Waals surface area contributed by atoms with Gasteiger partial charge in [-0.3, -0.25) is 0 Å². The first-order chi connectivity index (χ1) is 9.84. The van der Waals surface area contributed by atoms with E-state index in [1.807, 2.05) is 11.3 Å². The average molecular weight is 281 g/mol. The topological polar surface area (TPSA) is 12.0 Å². The predicted molar refractivity (Wildman–Crippen MR) is 88.4 cm³/mol. The van der Waals surface area contributed by atoms with Gasteiger partial charge in [0.05, 0.1) is 0 Å². The highest BCUT2D eigenvalue weighted by molar-refractivity contribution is 7.17. The van der Waals surface area contributed by atoms with Gasteiger partial charge < -0.3 is 5.32 Å². The predicted octanol–water partition coefficient (Wildman–Crippen LogP) is 4.54. The lowest BCUT2D eigenvalue weighted by Crippen LogP contribution is -2.16. The van der Waals surface area contributed by atoms with Crippen LogP contribution in [-0.4, -0.2) is 6.54 Å². The van der Waals surface area contributed by atoms with Crippen LogP contribution in [0.15, 0.2) is 53.9 Å². The molecular formula is C18H19NS. The summed E-state index contributed by atoms with van der Waals surface area (Å²) in [6.07, 6.45) is 1.09. The molecule has 0 spiro atoms. The van der Waals surface area contributed by atoms with Crippen molar-refractivity contribution in [3.05, 3.63) is 70.6 Å². The summed E-state index contributed by atoms with van der Waals surface area (Å²) in [5.41, 5.74) is 4.24. The van der Waals surface area contributed by atoms with Crippen LogP contribution in [0.4, 0.5) is 0 Å². The van der Waals surface area contributed by atoms with Crippen molar-refractivity contribution in [2.75, 3.05) is 6.54 Å². The van der Waals surface area contributed by atoms with Crippen molar-refractivity contribution in [1.29, 1.82) is 0 Å². The van der Waals surface area contributed by atoms with Crippen molar-refractivity contribution < 1.29 is 0 Å². The molecule has 20 heavy (non-hydrogen) atoms. The van der Waals surface area contributed by atoms with E-state index in [0.29, 0.717) is 0 Å². The number of hydrogen-bond donors (Lipinski definition) is 1. The number of rotatable bonds is 5. The van der Waals surface area contributed by atoms with E-state index in [2.05, 4.69) is 66.2 Å². The minimum absolute atomic E-state index is 0.954. The van der Waals surface area contributed by atoms with Crippen LogP contribution in [0, 0.1) is 6.92 Å². The van der Waals surface area contributed by atoms with Crippen LogP contribution in [0.3, 0.4) is 0 Å². The van der Waals surface area contributed by atoms with E-state index in [-0.39, 0.29) is 0 Å². The summed E-state index contributed by atoms with van der Waals surface area (Å²) in [5, 5.41) is 7.22. The van der Waals surface area contributed by atoms with Gasteiger partial charge in [-0.05, 0) is 53.4 Å². The second-order valence-corrected chi connectivity index (χ2v) is 6.02. The lowest BCUT2D eigenvalue weighted by molar-refractivity contribution is 0.689. The average Bonchev–Trinajstić information content (AvgIpc) is 2.89. The van der Waals surface area contributed by atoms with Gasteiger partial charge in [0, 0.05) is 11.2 Å². The Morgan fingerprint density at radius 3 is 2.65 bits per heavy atom. The Hall–Kier alpha value is -1.64. The summed E-state index contributed by atoms with van der Waals surface area (Å²) in [5.74, 6) is 0.